The number of aryl methyl sites for hydroxylation is 2. The van der Waals surface area contributed by atoms with E-state index in [9.17, 15) is 0 Å². The van der Waals surface area contributed by atoms with Gasteiger partial charge in [0.05, 0.1) is 0 Å². The molecule has 1 fully saturated rings. The molecule has 0 amide bonds. The highest BCUT2D eigenvalue weighted by Crippen LogP contribution is 2.18. The summed E-state index contributed by atoms with van der Waals surface area (Å²) >= 11 is 0. The maximum Gasteiger partial charge on any atom is 0.105 e. The average molecular weight is 193 g/mol. The van der Waals surface area contributed by atoms with Crippen LogP contribution in [0, 0.1) is 6.92 Å². The molecule has 14 heavy (non-hydrogen) atoms. The third-order valence-corrected chi connectivity index (χ3v) is 2.76. The van der Waals surface area contributed by atoms with Gasteiger partial charge < -0.3 is 9.88 Å². The Hall–Kier alpha value is -0.830. The second kappa shape index (κ2) is 4.60. The fourth-order valence-electron chi connectivity index (χ4n) is 1.64. The van der Waals surface area contributed by atoms with Crippen molar-refractivity contribution < 1.29 is 0 Å². The quantitative estimate of drug-likeness (QED) is 0.697. The summed E-state index contributed by atoms with van der Waals surface area (Å²) in [5, 5.41) is 3.53. The zero-order chi connectivity index (χ0) is 9.80. The molecule has 1 aliphatic rings. The van der Waals surface area contributed by atoms with Crippen LogP contribution in [0.2, 0.25) is 0 Å². The maximum absolute atomic E-state index is 4.20. The van der Waals surface area contributed by atoms with Crippen molar-refractivity contribution in [2.75, 3.05) is 6.54 Å². The van der Waals surface area contributed by atoms with Crippen LogP contribution in [0.3, 0.4) is 0 Å². The van der Waals surface area contributed by atoms with E-state index in [1.54, 1.807) is 0 Å². The van der Waals surface area contributed by atoms with Gasteiger partial charge in [-0.1, -0.05) is 0 Å². The van der Waals surface area contributed by atoms with Crippen molar-refractivity contribution >= 4 is 0 Å². The van der Waals surface area contributed by atoms with Crippen molar-refractivity contribution in [3.63, 3.8) is 0 Å². The van der Waals surface area contributed by atoms with Crippen LogP contribution in [-0.4, -0.2) is 22.1 Å². The van der Waals surface area contributed by atoms with E-state index in [0.29, 0.717) is 0 Å². The number of nitrogens with zero attached hydrogens (tertiary/aromatic N) is 2. The fraction of sp³-hybridized carbons (Fsp3) is 0.727. The van der Waals surface area contributed by atoms with Crippen molar-refractivity contribution in [2.45, 2.75) is 45.2 Å². The van der Waals surface area contributed by atoms with Gasteiger partial charge in [-0.2, -0.15) is 0 Å². The normalized spacial score (nSPS) is 16.1. The van der Waals surface area contributed by atoms with E-state index in [0.717, 1.165) is 18.4 Å². The Morgan fingerprint density at radius 1 is 1.50 bits per heavy atom. The van der Waals surface area contributed by atoms with Gasteiger partial charge in [0, 0.05) is 25.0 Å². The minimum Gasteiger partial charge on any atom is -0.335 e. The Balaban J connectivity index is 1.56. The molecule has 1 aliphatic carbocycles. The van der Waals surface area contributed by atoms with Crippen molar-refractivity contribution in [2.24, 2.45) is 0 Å². The molecule has 0 atom stereocenters. The molecule has 1 aromatic rings. The number of unbranched alkanes of at least 4 members (excludes halogenated alkanes) is 1. The third-order valence-electron chi connectivity index (χ3n) is 2.76. The Kier molecular flexibility index (Phi) is 3.19. The van der Waals surface area contributed by atoms with Gasteiger partial charge in [0.1, 0.15) is 5.82 Å². The monoisotopic (exact) mass is 193 g/mol. The van der Waals surface area contributed by atoms with Crippen molar-refractivity contribution in [3.05, 3.63) is 18.2 Å². The van der Waals surface area contributed by atoms with E-state index in [1.807, 2.05) is 6.20 Å². The summed E-state index contributed by atoms with van der Waals surface area (Å²) < 4.78 is 2.22. The molecular weight excluding hydrogens is 174 g/mol. The lowest BCUT2D eigenvalue weighted by Gasteiger charge is -2.05. The molecule has 0 spiro atoms. The van der Waals surface area contributed by atoms with Crippen LogP contribution >= 0.6 is 0 Å². The van der Waals surface area contributed by atoms with Crippen LogP contribution in [0.1, 0.15) is 31.5 Å². The van der Waals surface area contributed by atoms with Crippen LogP contribution < -0.4 is 5.32 Å². The number of hydrogen-bond donors (Lipinski definition) is 1. The van der Waals surface area contributed by atoms with Gasteiger partial charge in [-0.15, -0.1) is 0 Å². The van der Waals surface area contributed by atoms with Crippen molar-refractivity contribution in [1.29, 1.82) is 0 Å². The van der Waals surface area contributed by atoms with E-state index in [-0.39, 0.29) is 0 Å². The highest BCUT2D eigenvalue weighted by Gasteiger charge is 2.19. The summed E-state index contributed by atoms with van der Waals surface area (Å²) in [4.78, 5) is 4.20. The molecule has 1 heterocycles. The summed E-state index contributed by atoms with van der Waals surface area (Å²) in [7, 11) is 0. The van der Waals surface area contributed by atoms with Gasteiger partial charge in [-0.3, -0.25) is 0 Å². The largest absolute Gasteiger partial charge is 0.335 e. The first-order chi connectivity index (χ1) is 6.86. The van der Waals surface area contributed by atoms with Gasteiger partial charge in [0.15, 0.2) is 0 Å². The molecule has 2 rings (SSSR count). The molecule has 0 unspecified atom stereocenters. The molecule has 1 saturated carbocycles. The Morgan fingerprint density at radius 3 is 3.00 bits per heavy atom. The Morgan fingerprint density at radius 2 is 2.36 bits per heavy atom. The van der Waals surface area contributed by atoms with Gasteiger partial charge in [-0.05, 0) is 39.2 Å². The highest BCUT2D eigenvalue weighted by atomic mass is 15.0. The molecule has 0 aromatic carbocycles. The summed E-state index contributed by atoms with van der Waals surface area (Å²) in [5.74, 6) is 1.13. The van der Waals surface area contributed by atoms with E-state index >= 15 is 0 Å². The lowest BCUT2D eigenvalue weighted by molar-refractivity contribution is 0.560. The van der Waals surface area contributed by atoms with E-state index in [4.69, 9.17) is 0 Å². The molecule has 0 saturated heterocycles. The molecule has 1 N–H and O–H groups in total. The number of rotatable bonds is 6. The number of imidazole rings is 1. The van der Waals surface area contributed by atoms with E-state index < -0.39 is 0 Å². The minimum atomic E-state index is 0.852. The molecule has 0 aliphatic heterocycles. The first kappa shape index (κ1) is 9.71. The predicted molar refractivity (Wildman–Crippen MR) is 57.2 cm³/mol. The van der Waals surface area contributed by atoms with Crippen LogP contribution in [0.25, 0.3) is 0 Å². The van der Waals surface area contributed by atoms with E-state index in [2.05, 4.69) is 28.0 Å². The third kappa shape index (κ3) is 2.84. The number of aromatic nitrogens is 2. The average Bonchev–Trinajstić information content (AvgIpc) is 2.91. The maximum atomic E-state index is 4.20. The molecular formula is C11H19N3. The highest BCUT2D eigenvalue weighted by molar-refractivity contribution is 4.88. The van der Waals surface area contributed by atoms with Gasteiger partial charge in [0.25, 0.3) is 0 Å². The van der Waals surface area contributed by atoms with Crippen molar-refractivity contribution in [1.82, 2.24) is 14.9 Å². The molecule has 0 radical (unpaired) electrons. The predicted octanol–water partition coefficient (Wildman–Crippen LogP) is 1.72. The van der Waals surface area contributed by atoms with E-state index in [1.165, 1.54) is 32.2 Å². The second-order valence-corrected chi connectivity index (χ2v) is 4.10. The Labute approximate surface area is 85.5 Å². The van der Waals surface area contributed by atoms with Crippen LogP contribution in [0.15, 0.2) is 12.4 Å². The second-order valence-electron chi connectivity index (χ2n) is 4.10. The molecule has 78 valence electrons. The van der Waals surface area contributed by atoms with Crippen LogP contribution in [0.5, 0.6) is 0 Å². The lowest BCUT2D eigenvalue weighted by Crippen LogP contribution is -2.17. The summed E-state index contributed by atoms with van der Waals surface area (Å²) in [6, 6.07) is 0.852. The fourth-order valence-corrected chi connectivity index (χ4v) is 1.64. The molecule has 3 nitrogen and oxygen atoms in total. The van der Waals surface area contributed by atoms with Crippen molar-refractivity contribution in [3.8, 4) is 0 Å². The summed E-state index contributed by atoms with van der Waals surface area (Å²) in [6.45, 7) is 4.35. The smallest absolute Gasteiger partial charge is 0.105 e. The topological polar surface area (TPSA) is 29.9 Å². The Bertz CT molecular complexity index is 276. The first-order valence-electron chi connectivity index (χ1n) is 5.57. The minimum absolute atomic E-state index is 0.852. The first-order valence-corrected chi connectivity index (χ1v) is 5.57. The number of hydrogen-bond acceptors (Lipinski definition) is 2. The standard InChI is InChI=1S/C11H19N3/c1-10-12-7-9-14(10)8-3-2-6-13-11-4-5-11/h7,9,11,13H,2-6,8H2,1H3. The van der Waals surface area contributed by atoms with Gasteiger partial charge in [-0.25, -0.2) is 4.98 Å². The van der Waals surface area contributed by atoms with Crippen LogP contribution in [-0.2, 0) is 6.54 Å². The zero-order valence-electron chi connectivity index (χ0n) is 8.87. The summed E-state index contributed by atoms with van der Waals surface area (Å²) in [5.41, 5.74) is 0. The summed E-state index contributed by atoms with van der Waals surface area (Å²) in [6.07, 6.45) is 9.23. The number of nitrogens with one attached hydrogen (secondary N) is 1. The molecule has 3 heteroatoms. The lowest BCUT2D eigenvalue weighted by atomic mass is 10.3. The molecule has 0 bridgehead atoms. The zero-order valence-corrected chi connectivity index (χ0v) is 8.87. The molecule has 1 aromatic heterocycles. The van der Waals surface area contributed by atoms with Gasteiger partial charge in [0.2, 0.25) is 0 Å². The van der Waals surface area contributed by atoms with Gasteiger partial charge >= 0.3 is 0 Å². The van der Waals surface area contributed by atoms with Crippen LogP contribution in [0.4, 0.5) is 0 Å². The SMILES string of the molecule is Cc1nccn1CCCCNC1CC1.